The van der Waals surface area contributed by atoms with Gasteiger partial charge in [-0.1, -0.05) is 24.3 Å². The Morgan fingerprint density at radius 3 is 2.72 bits per heavy atom. The van der Waals surface area contributed by atoms with Gasteiger partial charge in [0.25, 0.3) is 5.91 Å². The molecule has 1 aliphatic carbocycles. The van der Waals surface area contributed by atoms with Gasteiger partial charge in [0.2, 0.25) is 0 Å². The summed E-state index contributed by atoms with van der Waals surface area (Å²) >= 11 is 0. The number of benzene rings is 2. The Labute approximate surface area is 189 Å². The monoisotopic (exact) mass is 434 g/mol. The zero-order valence-electron chi connectivity index (χ0n) is 18.7. The zero-order valence-corrected chi connectivity index (χ0v) is 18.7. The summed E-state index contributed by atoms with van der Waals surface area (Å²) in [5.74, 6) is 0.590. The van der Waals surface area contributed by atoms with Crippen molar-refractivity contribution in [2.24, 2.45) is 0 Å². The number of carbonyl (C=O) groups excluding carboxylic acids is 1. The summed E-state index contributed by atoms with van der Waals surface area (Å²) in [6, 6.07) is 15.1. The first-order valence-corrected chi connectivity index (χ1v) is 11.8. The van der Waals surface area contributed by atoms with Gasteiger partial charge in [0.1, 0.15) is 11.6 Å². The fourth-order valence-electron chi connectivity index (χ4n) is 5.63. The molecule has 2 atom stereocenters. The molecular formula is C27H31FN2O2. The highest BCUT2D eigenvalue weighted by atomic mass is 19.1. The lowest BCUT2D eigenvalue weighted by Gasteiger charge is -2.47. The number of piperidine rings is 1. The molecule has 1 amide bonds. The van der Waals surface area contributed by atoms with Gasteiger partial charge in [-0.05, 0) is 81.3 Å². The van der Waals surface area contributed by atoms with Gasteiger partial charge < -0.3 is 4.74 Å². The SMILES string of the molecule is CC1CC2(C=CC(=O)N2c2cccc(F)c2)CCN1Cc1cccc(OC2CCCC2)c1. The summed E-state index contributed by atoms with van der Waals surface area (Å²) in [7, 11) is 0. The van der Waals surface area contributed by atoms with Crippen LogP contribution in [0.4, 0.5) is 10.1 Å². The fraction of sp³-hybridized carbons (Fsp3) is 0.444. The zero-order chi connectivity index (χ0) is 22.1. The van der Waals surface area contributed by atoms with E-state index in [0.717, 1.165) is 44.5 Å². The Kier molecular flexibility index (Phi) is 5.76. The molecule has 3 aliphatic rings. The van der Waals surface area contributed by atoms with Crippen molar-refractivity contribution in [2.75, 3.05) is 11.4 Å². The van der Waals surface area contributed by atoms with Crippen molar-refractivity contribution in [3.8, 4) is 5.75 Å². The van der Waals surface area contributed by atoms with E-state index in [0.29, 0.717) is 11.8 Å². The molecular weight excluding hydrogens is 403 g/mol. The fourth-order valence-corrected chi connectivity index (χ4v) is 5.63. The summed E-state index contributed by atoms with van der Waals surface area (Å²) in [4.78, 5) is 17.0. The molecule has 0 aromatic heterocycles. The van der Waals surface area contributed by atoms with Gasteiger partial charge in [-0.15, -0.1) is 0 Å². The Balaban J connectivity index is 1.28. The summed E-state index contributed by atoms with van der Waals surface area (Å²) in [5, 5.41) is 0. The van der Waals surface area contributed by atoms with Crippen LogP contribution in [0.25, 0.3) is 0 Å². The predicted molar refractivity (Wildman–Crippen MR) is 124 cm³/mol. The van der Waals surface area contributed by atoms with Crippen LogP contribution in [-0.2, 0) is 11.3 Å². The number of anilines is 1. The first-order valence-electron chi connectivity index (χ1n) is 11.8. The molecule has 1 spiro atoms. The molecule has 0 bridgehead atoms. The highest BCUT2D eigenvalue weighted by molar-refractivity contribution is 6.06. The van der Waals surface area contributed by atoms with Gasteiger partial charge in [0, 0.05) is 30.9 Å². The topological polar surface area (TPSA) is 32.8 Å². The second kappa shape index (κ2) is 8.70. The maximum atomic E-state index is 13.9. The lowest BCUT2D eigenvalue weighted by Crippen LogP contribution is -2.56. The van der Waals surface area contributed by atoms with E-state index in [4.69, 9.17) is 4.74 Å². The van der Waals surface area contributed by atoms with Crippen molar-refractivity contribution < 1.29 is 13.9 Å². The lowest BCUT2D eigenvalue weighted by atomic mass is 9.82. The molecule has 1 saturated heterocycles. The third-order valence-corrected chi connectivity index (χ3v) is 7.26. The molecule has 2 aromatic rings. The maximum Gasteiger partial charge on any atom is 0.251 e. The minimum absolute atomic E-state index is 0.0620. The second-order valence-corrected chi connectivity index (χ2v) is 9.54. The normalized spacial score (nSPS) is 26.4. The third-order valence-electron chi connectivity index (χ3n) is 7.26. The van der Waals surface area contributed by atoms with E-state index in [1.54, 1.807) is 17.0 Å². The predicted octanol–water partition coefficient (Wildman–Crippen LogP) is 5.47. The molecule has 5 heteroatoms. The second-order valence-electron chi connectivity index (χ2n) is 9.54. The molecule has 2 fully saturated rings. The molecule has 2 aliphatic heterocycles. The smallest absolute Gasteiger partial charge is 0.251 e. The lowest BCUT2D eigenvalue weighted by molar-refractivity contribution is -0.114. The number of halogens is 1. The largest absolute Gasteiger partial charge is 0.490 e. The van der Waals surface area contributed by atoms with Gasteiger partial charge in [0.15, 0.2) is 0 Å². The van der Waals surface area contributed by atoms with Crippen LogP contribution < -0.4 is 9.64 Å². The minimum Gasteiger partial charge on any atom is -0.490 e. The van der Waals surface area contributed by atoms with Crippen LogP contribution in [0.15, 0.2) is 60.7 Å². The Bertz CT molecular complexity index is 1020. The number of carbonyl (C=O) groups is 1. The van der Waals surface area contributed by atoms with Gasteiger partial charge in [-0.3, -0.25) is 14.6 Å². The Morgan fingerprint density at radius 2 is 1.94 bits per heavy atom. The quantitative estimate of drug-likeness (QED) is 0.625. The average Bonchev–Trinajstić information content (AvgIpc) is 3.39. The third kappa shape index (κ3) is 4.18. The van der Waals surface area contributed by atoms with Crippen LogP contribution in [-0.4, -0.2) is 35.0 Å². The maximum absolute atomic E-state index is 13.9. The number of hydrogen-bond acceptors (Lipinski definition) is 3. The summed E-state index contributed by atoms with van der Waals surface area (Å²) in [6.45, 7) is 3.95. The van der Waals surface area contributed by atoms with E-state index in [9.17, 15) is 9.18 Å². The van der Waals surface area contributed by atoms with Gasteiger partial charge in [-0.2, -0.15) is 0 Å². The highest BCUT2D eigenvalue weighted by Crippen LogP contribution is 2.41. The van der Waals surface area contributed by atoms with E-state index >= 15 is 0 Å². The van der Waals surface area contributed by atoms with Gasteiger partial charge in [0.05, 0.1) is 11.6 Å². The molecule has 2 heterocycles. The summed E-state index contributed by atoms with van der Waals surface area (Å²) in [5.41, 5.74) is 1.51. The molecule has 1 saturated carbocycles. The summed E-state index contributed by atoms with van der Waals surface area (Å²) in [6.07, 6.45) is 10.5. The number of likely N-dealkylation sites (tertiary alicyclic amines) is 1. The van der Waals surface area contributed by atoms with Crippen LogP contribution in [0.3, 0.4) is 0 Å². The average molecular weight is 435 g/mol. The van der Waals surface area contributed by atoms with E-state index < -0.39 is 0 Å². The van der Waals surface area contributed by atoms with E-state index in [-0.39, 0.29) is 23.3 Å². The van der Waals surface area contributed by atoms with E-state index in [1.165, 1.54) is 30.5 Å². The van der Waals surface area contributed by atoms with Crippen molar-refractivity contribution >= 4 is 11.6 Å². The molecule has 32 heavy (non-hydrogen) atoms. The van der Waals surface area contributed by atoms with Crippen LogP contribution in [0.5, 0.6) is 5.75 Å². The Morgan fingerprint density at radius 1 is 1.12 bits per heavy atom. The number of amides is 1. The number of rotatable bonds is 5. The molecule has 168 valence electrons. The van der Waals surface area contributed by atoms with Crippen LogP contribution in [0.1, 0.15) is 51.0 Å². The standard InChI is InChI=1S/C27H31FN2O2/c1-20-18-27(13-12-26(31)30(27)23-8-5-7-22(28)17-23)14-15-29(20)19-21-6-4-11-25(16-21)32-24-9-2-3-10-24/h4-8,11-13,16-17,20,24H,2-3,9-10,14-15,18-19H2,1H3. The van der Waals surface area contributed by atoms with Gasteiger partial charge in [-0.25, -0.2) is 4.39 Å². The molecule has 0 radical (unpaired) electrons. The van der Waals surface area contributed by atoms with Crippen LogP contribution in [0, 0.1) is 5.82 Å². The number of hydrogen-bond donors (Lipinski definition) is 0. The van der Waals surface area contributed by atoms with E-state index in [1.807, 2.05) is 12.1 Å². The van der Waals surface area contributed by atoms with Crippen molar-refractivity contribution in [1.29, 1.82) is 0 Å². The first-order chi connectivity index (χ1) is 15.5. The van der Waals surface area contributed by atoms with Crippen molar-refractivity contribution in [3.05, 3.63) is 72.1 Å². The van der Waals surface area contributed by atoms with Crippen LogP contribution in [0.2, 0.25) is 0 Å². The van der Waals surface area contributed by atoms with E-state index in [2.05, 4.69) is 36.1 Å². The minimum atomic E-state index is -0.381. The van der Waals surface area contributed by atoms with Crippen molar-refractivity contribution in [2.45, 2.75) is 69.7 Å². The van der Waals surface area contributed by atoms with Crippen LogP contribution >= 0.6 is 0 Å². The van der Waals surface area contributed by atoms with Crippen molar-refractivity contribution in [1.82, 2.24) is 4.90 Å². The molecule has 0 N–H and O–H groups in total. The summed E-state index contributed by atoms with van der Waals surface area (Å²) < 4.78 is 20.1. The molecule has 4 nitrogen and oxygen atoms in total. The first kappa shape index (κ1) is 21.2. The molecule has 5 rings (SSSR count). The highest BCUT2D eigenvalue weighted by Gasteiger charge is 2.46. The van der Waals surface area contributed by atoms with Crippen molar-refractivity contribution in [3.63, 3.8) is 0 Å². The molecule has 2 unspecified atom stereocenters. The number of nitrogens with zero attached hydrogens (tertiary/aromatic N) is 2. The Hall–Kier alpha value is -2.66. The number of ether oxygens (including phenoxy) is 1. The molecule has 2 aromatic carbocycles. The van der Waals surface area contributed by atoms with Gasteiger partial charge >= 0.3 is 0 Å².